The van der Waals surface area contributed by atoms with Crippen LogP contribution in [-0.4, -0.2) is 18.6 Å². The van der Waals surface area contributed by atoms with Crippen LogP contribution in [0.25, 0.3) is 11.2 Å². The van der Waals surface area contributed by atoms with Gasteiger partial charge in [0.05, 0.1) is 0 Å². The van der Waals surface area contributed by atoms with Crippen molar-refractivity contribution in [2.75, 3.05) is 0 Å². The SMILES string of the molecule is O=CS(=O)(=O)O.c1cc2ccc1o2. The predicted octanol–water partition coefficient (Wildman–Crippen LogP) is 0.935. The predicted molar refractivity (Wildman–Crippen MR) is 45.7 cm³/mol. The van der Waals surface area contributed by atoms with Gasteiger partial charge in [-0.1, -0.05) is 0 Å². The number of benzene rings is 1. The van der Waals surface area contributed by atoms with Crippen LogP contribution in [-0.2, 0) is 14.9 Å². The summed E-state index contributed by atoms with van der Waals surface area (Å²) in [7, 11) is -4.34. The quantitative estimate of drug-likeness (QED) is 0.549. The van der Waals surface area contributed by atoms with Gasteiger partial charge >= 0.3 is 10.1 Å². The standard InChI is InChI=1S/C6H4O.CH2O4S/c1-2-6-4-3-5(1)7-6;2-1-6(3,4)5/h1-4H;1H,(H,3,4,5). The van der Waals surface area contributed by atoms with E-state index >= 15 is 0 Å². The van der Waals surface area contributed by atoms with Crippen molar-refractivity contribution in [2.24, 2.45) is 0 Å². The molecule has 0 aliphatic rings. The summed E-state index contributed by atoms with van der Waals surface area (Å²) in [4.78, 5) is 8.99. The van der Waals surface area contributed by atoms with E-state index in [2.05, 4.69) is 0 Å². The number of hydrogen-bond acceptors (Lipinski definition) is 4. The van der Waals surface area contributed by atoms with Crippen LogP contribution in [0.2, 0.25) is 0 Å². The Kier molecular flexibility index (Phi) is 2.64. The zero-order valence-corrected chi connectivity index (χ0v) is 7.19. The first-order valence-corrected chi connectivity index (χ1v) is 4.72. The van der Waals surface area contributed by atoms with Gasteiger partial charge in [0.1, 0.15) is 11.2 Å². The molecule has 2 bridgehead atoms. The van der Waals surface area contributed by atoms with Gasteiger partial charge in [-0.05, 0) is 24.3 Å². The van der Waals surface area contributed by atoms with Gasteiger partial charge in [-0.25, -0.2) is 0 Å². The second-order valence-electron chi connectivity index (χ2n) is 2.18. The molecule has 0 radical (unpaired) electrons. The fourth-order valence-electron chi connectivity index (χ4n) is 0.712. The molecular formula is C7H6O5S. The molecule has 0 aliphatic carbocycles. The molecular weight excluding hydrogens is 196 g/mol. The fourth-order valence-corrected chi connectivity index (χ4v) is 0.712. The molecule has 0 aromatic carbocycles. The third kappa shape index (κ3) is 3.22. The summed E-state index contributed by atoms with van der Waals surface area (Å²) < 4.78 is 30.9. The summed E-state index contributed by atoms with van der Waals surface area (Å²) in [5, 5.41) is 0. The zero-order chi connectivity index (χ0) is 9.90. The molecule has 0 atom stereocenters. The summed E-state index contributed by atoms with van der Waals surface area (Å²) in [6, 6.07) is 7.81. The highest BCUT2D eigenvalue weighted by Gasteiger charge is 1.94. The van der Waals surface area contributed by atoms with Crippen molar-refractivity contribution in [3.05, 3.63) is 24.3 Å². The Hall–Kier alpha value is -1.40. The number of carbonyl (C=O) groups excluding carboxylic acids is 1. The lowest BCUT2D eigenvalue weighted by molar-refractivity contribution is 0.487. The molecule has 2 heterocycles. The maximum Gasteiger partial charge on any atom is 0.325 e. The van der Waals surface area contributed by atoms with Crippen molar-refractivity contribution in [1.29, 1.82) is 0 Å². The molecule has 0 saturated heterocycles. The minimum atomic E-state index is -4.34. The second kappa shape index (κ2) is 3.55. The molecule has 2 rings (SSSR count). The van der Waals surface area contributed by atoms with E-state index in [1.165, 1.54) is 0 Å². The number of rotatable bonds is 1. The lowest BCUT2D eigenvalue weighted by Crippen LogP contribution is -1.94. The van der Waals surface area contributed by atoms with Gasteiger partial charge in [-0.15, -0.1) is 0 Å². The van der Waals surface area contributed by atoms with Gasteiger partial charge in [0.25, 0.3) is 5.62 Å². The maximum absolute atomic E-state index is 9.19. The van der Waals surface area contributed by atoms with Crippen molar-refractivity contribution < 1.29 is 22.2 Å². The minimum absolute atomic E-state index is 0.535. The van der Waals surface area contributed by atoms with Crippen LogP contribution in [0.1, 0.15) is 0 Å². The van der Waals surface area contributed by atoms with E-state index in [9.17, 15) is 8.42 Å². The molecule has 1 N–H and O–H groups in total. The number of fused-ring (bicyclic) bond motifs is 2. The number of carbonyl (C=O) groups is 1. The highest BCUT2D eigenvalue weighted by atomic mass is 32.2. The van der Waals surface area contributed by atoms with E-state index < -0.39 is 15.7 Å². The molecule has 6 heteroatoms. The lowest BCUT2D eigenvalue weighted by Gasteiger charge is -1.68. The Bertz CT molecular complexity index is 412. The van der Waals surface area contributed by atoms with Crippen LogP contribution >= 0.6 is 0 Å². The Balaban J connectivity index is 0.000000133. The minimum Gasteiger partial charge on any atom is -0.457 e. The van der Waals surface area contributed by atoms with Crippen LogP contribution in [0.15, 0.2) is 28.7 Å². The van der Waals surface area contributed by atoms with E-state index in [0.29, 0.717) is 0 Å². The van der Waals surface area contributed by atoms with Gasteiger partial charge in [-0.3, -0.25) is 9.35 Å². The molecule has 0 fully saturated rings. The van der Waals surface area contributed by atoms with Crippen LogP contribution in [0.4, 0.5) is 0 Å². The molecule has 5 nitrogen and oxygen atoms in total. The third-order valence-corrected chi connectivity index (χ3v) is 1.42. The zero-order valence-electron chi connectivity index (χ0n) is 6.38. The molecule has 0 unspecified atom stereocenters. The summed E-state index contributed by atoms with van der Waals surface area (Å²) in [5.41, 5.74) is 1.40. The normalized spacial score (nSPS) is 10.8. The average molecular weight is 202 g/mol. The van der Waals surface area contributed by atoms with Crippen molar-refractivity contribution in [3.63, 3.8) is 0 Å². The van der Waals surface area contributed by atoms with Crippen LogP contribution in [0.3, 0.4) is 0 Å². The lowest BCUT2D eigenvalue weighted by atomic mass is 10.4. The summed E-state index contributed by atoms with van der Waals surface area (Å²) in [6.45, 7) is 0. The number of furan rings is 2. The number of hydrogen-bond donors (Lipinski definition) is 1. The first-order chi connectivity index (χ1) is 6.01. The topological polar surface area (TPSA) is 84.6 Å². The van der Waals surface area contributed by atoms with E-state index in [1.54, 1.807) is 0 Å². The molecule has 0 saturated carbocycles. The summed E-state index contributed by atoms with van der Waals surface area (Å²) >= 11 is 0. The Labute approximate surface area is 74.0 Å². The van der Waals surface area contributed by atoms with Crippen molar-refractivity contribution >= 4 is 26.9 Å². The third-order valence-electron chi connectivity index (χ3n) is 1.18. The molecule has 0 amide bonds. The van der Waals surface area contributed by atoms with Crippen molar-refractivity contribution in [1.82, 2.24) is 0 Å². The van der Waals surface area contributed by atoms with Gasteiger partial charge in [-0.2, -0.15) is 8.42 Å². The monoisotopic (exact) mass is 202 g/mol. The molecule has 2 aromatic heterocycles. The summed E-state index contributed by atoms with van der Waals surface area (Å²) in [6.07, 6.45) is 0. The molecule has 0 spiro atoms. The van der Waals surface area contributed by atoms with Crippen LogP contribution in [0.5, 0.6) is 0 Å². The fraction of sp³-hybridized carbons (Fsp3) is 0. The molecule has 13 heavy (non-hydrogen) atoms. The van der Waals surface area contributed by atoms with Gasteiger partial charge < -0.3 is 4.42 Å². The molecule has 0 aliphatic heterocycles. The van der Waals surface area contributed by atoms with E-state index in [-0.39, 0.29) is 0 Å². The first-order valence-electron chi connectivity index (χ1n) is 3.22. The van der Waals surface area contributed by atoms with Crippen LogP contribution in [0, 0.1) is 0 Å². The molecule has 2 aromatic rings. The van der Waals surface area contributed by atoms with E-state index in [4.69, 9.17) is 13.8 Å². The largest absolute Gasteiger partial charge is 0.457 e. The van der Waals surface area contributed by atoms with Crippen LogP contribution < -0.4 is 0 Å². The van der Waals surface area contributed by atoms with E-state index in [0.717, 1.165) is 11.2 Å². The highest BCUT2D eigenvalue weighted by Crippen LogP contribution is 2.13. The average Bonchev–Trinajstić information content (AvgIpc) is 2.66. The smallest absolute Gasteiger partial charge is 0.325 e. The van der Waals surface area contributed by atoms with Gasteiger partial charge in [0.2, 0.25) is 0 Å². The maximum atomic E-state index is 9.19. The van der Waals surface area contributed by atoms with Crippen molar-refractivity contribution in [3.8, 4) is 0 Å². The van der Waals surface area contributed by atoms with Crippen molar-refractivity contribution in [2.45, 2.75) is 0 Å². The Morgan fingerprint density at radius 2 is 1.46 bits per heavy atom. The Morgan fingerprint density at radius 1 is 1.15 bits per heavy atom. The second-order valence-corrected chi connectivity index (χ2v) is 3.41. The molecule has 70 valence electrons. The van der Waals surface area contributed by atoms with E-state index in [1.807, 2.05) is 24.3 Å². The van der Waals surface area contributed by atoms with Gasteiger partial charge in [0.15, 0.2) is 0 Å². The first kappa shape index (κ1) is 9.69. The highest BCUT2D eigenvalue weighted by molar-refractivity contribution is 7.99. The Morgan fingerprint density at radius 3 is 1.54 bits per heavy atom. The van der Waals surface area contributed by atoms with Gasteiger partial charge in [0, 0.05) is 0 Å². The summed E-state index contributed by atoms with van der Waals surface area (Å²) in [5.74, 6) is 0.